The molecule has 7 nitrogen and oxygen atoms in total. The molecule has 27 heavy (non-hydrogen) atoms. The first-order chi connectivity index (χ1) is 12.8. The van der Waals surface area contributed by atoms with Crippen molar-refractivity contribution in [3.8, 4) is 0 Å². The third-order valence-electron chi connectivity index (χ3n) is 5.83. The summed E-state index contributed by atoms with van der Waals surface area (Å²) in [6.45, 7) is 9.22. The molecule has 2 saturated heterocycles. The summed E-state index contributed by atoms with van der Waals surface area (Å²) in [7, 11) is -3.02. The monoisotopic (exact) mass is 401 g/mol. The van der Waals surface area contributed by atoms with E-state index in [0.29, 0.717) is 52.0 Å². The third kappa shape index (κ3) is 5.59. The normalized spacial score (nSPS) is 22.6. The Hall–Kier alpha value is -1.31. The second-order valence-electron chi connectivity index (χ2n) is 7.66. The maximum atomic E-state index is 13.1. The first kappa shape index (κ1) is 22.0. The topological polar surface area (TPSA) is 78.0 Å². The van der Waals surface area contributed by atoms with Gasteiger partial charge in [-0.15, -0.1) is 0 Å². The summed E-state index contributed by atoms with van der Waals surface area (Å²) in [6, 6.07) is -0.125. The van der Waals surface area contributed by atoms with E-state index in [2.05, 4.69) is 6.92 Å². The van der Waals surface area contributed by atoms with Crippen LogP contribution in [0.15, 0.2) is 0 Å². The number of sulfone groups is 1. The number of hydrogen-bond donors (Lipinski definition) is 0. The summed E-state index contributed by atoms with van der Waals surface area (Å²) in [4.78, 5) is 31.1. The molecule has 2 rings (SSSR count). The van der Waals surface area contributed by atoms with E-state index >= 15 is 0 Å². The van der Waals surface area contributed by atoms with Crippen LogP contribution < -0.4 is 0 Å². The summed E-state index contributed by atoms with van der Waals surface area (Å²) in [6.07, 6.45) is 3.74. The van der Waals surface area contributed by atoms with Crippen LogP contribution in [-0.4, -0.2) is 85.3 Å². The molecular formula is C19H35N3O4S. The van der Waals surface area contributed by atoms with Gasteiger partial charge in [-0.2, -0.15) is 0 Å². The van der Waals surface area contributed by atoms with Crippen molar-refractivity contribution in [2.45, 2.75) is 58.9 Å². The Morgan fingerprint density at radius 2 is 1.67 bits per heavy atom. The molecule has 2 aliphatic heterocycles. The van der Waals surface area contributed by atoms with E-state index in [1.807, 2.05) is 23.6 Å². The number of nitrogens with zero attached hydrogens (tertiary/aromatic N) is 3. The highest BCUT2D eigenvalue weighted by Crippen LogP contribution is 2.25. The van der Waals surface area contributed by atoms with Gasteiger partial charge in [0.2, 0.25) is 5.91 Å². The minimum absolute atomic E-state index is 0.0515. The fourth-order valence-electron chi connectivity index (χ4n) is 4.07. The van der Waals surface area contributed by atoms with Crippen LogP contribution in [0.2, 0.25) is 0 Å². The zero-order chi connectivity index (χ0) is 20.0. The van der Waals surface area contributed by atoms with E-state index in [0.717, 1.165) is 12.8 Å². The van der Waals surface area contributed by atoms with Crippen LogP contribution >= 0.6 is 0 Å². The highest BCUT2D eigenvalue weighted by atomic mass is 32.2. The van der Waals surface area contributed by atoms with Gasteiger partial charge >= 0.3 is 6.03 Å². The molecule has 0 N–H and O–H groups in total. The van der Waals surface area contributed by atoms with Gasteiger partial charge in [-0.25, -0.2) is 13.2 Å². The SMILES string of the molecule is CCCCN(C(=O)C1CCN(C(=O)N(CC)CC)CC1)C1CCS(=O)(=O)C1. The number of rotatable bonds is 7. The zero-order valence-electron chi connectivity index (χ0n) is 17.0. The van der Waals surface area contributed by atoms with Crippen molar-refractivity contribution < 1.29 is 18.0 Å². The lowest BCUT2D eigenvalue weighted by atomic mass is 9.94. The molecule has 3 amide bonds. The molecule has 0 aromatic heterocycles. The fraction of sp³-hybridized carbons (Fsp3) is 0.895. The molecule has 0 aromatic carbocycles. The van der Waals surface area contributed by atoms with Crippen LogP contribution in [0.25, 0.3) is 0 Å². The van der Waals surface area contributed by atoms with Crippen LogP contribution in [0.4, 0.5) is 4.79 Å². The smallest absolute Gasteiger partial charge is 0.319 e. The van der Waals surface area contributed by atoms with Gasteiger partial charge < -0.3 is 14.7 Å². The Bertz CT molecular complexity index is 610. The van der Waals surface area contributed by atoms with Gasteiger partial charge in [-0.3, -0.25) is 4.79 Å². The molecule has 156 valence electrons. The predicted octanol–water partition coefficient (Wildman–Crippen LogP) is 1.98. The van der Waals surface area contributed by atoms with Gasteiger partial charge in [-0.1, -0.05) is 13.3 Å². The largest absolute Gasteiger partial charge is 0.338 e. The zero-order valence-corrected chi connectivity index (χ0v) is 17.8. The lowest BCUT2D eigenvalue weighted by molar-refractivity contribution is -0.139. The van der Waals surface area contributed by atoms with Crippen molar-refractivity contribution >= 4 is 21.8 Å². The summed E-state index contributed by atoms with van der Waals surface area (Å²) in [5.41, 5.74) is 0. The third-order valence-corrected chi connectivity index (χ3v) is 7.58. The Kier molecular flexibility index (Phi) is 7.94. The minimum Gasteiger partial charge on any atom is -0.338 e. The van der Waals surface area contributed by atoms with Crippen molar-refractivity contribution in [2.75, 3.05) is 44.2 Å². The molecule has 8 heteroatoms. The molecule has 0 aromatic rings. The standard InChI is InChI=1S/C19H35N3O4S/c1-4-7-11-22(17-10-14-27(25,26)15-17)18(23)16-8-12-21(13-9-16)19(24)20(5-2)6-3/h16-17H,4-15H2,1-3H3. The first-order valence-corrected chi connectivity index (χ1v) is 12.2. The maximum Gasteiger partial charge on any atom is 0.319 e. The van der Waals surface area contributed by atoms with Crippen molar-refractivity contribution in [1.29, 1.82) is 0 Å². The van der Waals surface area contributed by atoms with E-state index in [9.17, 15) is 18.0 Å². The molecule has 0 spiro atoms. The molecule has 2 fully saturated rings. The Balaban J connectivity index is 1.97. The van der Waals surface area contributed by atoms with Crippen LogP contribution in [0, 0.1) is 5.92 Å². The molecule has 0 bridgehead atoms. The number of piperidine rings is 1. The second kappa shape index (κ2) is 9.75. The van der Waals surface area contributed by atoms with Crippen LogP contribution in [-0.2, 0) is 14.6 Å². The Morgan fingerprint density at radius 3 is 2.15 bits per heavy atom. The Labute approximate surface area is 164 Å². The molecule has 2 heterocycles. The van der Waals surface area contributed by atoms with E-state index in [1.54, 1.807) is 4.90 Å². The lowest BCUT2D eigenvalue weighted by Gasteiger charge is -2.37. The molecule has 0 aliphatic carbocycles. The number of carbonyl (C=O) groups is 2. The van der Waals surface area contributed by atoms with Gasteiger partial charge in [0.25, 0.3) is 0 Å². The summed E-state index contributed by atoms with van der Waals surface area (Å²) < 4.78 is 23.7. The molecular weight excluding hydrogens is 366 g/mol. The summed E-state index contributed by atoms with van der Waals surface area (Å²) >= 11 is 0. The fourth-order valence-corrected chi connectivity index (χ4v) is 5.80. The van der Waals surface area contributed by atoms with E-state index in [4.69, 9.17) is 0 Å². The number of urea groups is 1. The Morgan fingerprint density at radius 1 is 1.04 bits per heavy atom. The second-order valence-corrected chi connectivity index (χ2v) is 9.89. The number of amides is 3. The van der Waals surface area contributed by atoms with Crippen LogP contribution in [0.3, 0.4) is 0 Å². The highest BCUT2D eigenvalue weighted by molar-refractivity contribution is 7.91. The number of carbonyl (C=O) groups excluding carboxylic acids is 2. The minimum atomic E-state index is -3.02. The molecule has 1 atom stereocenters. The van der Waals surface area contributed by atoms with E-state index in [-0.39, 0.29) is 35.4 Å². The van der Waals surface area contributed by atoms with Crippen molar-refractivity contribution in [3.63, 3.8) is 0 Å². The van der Waals surface area contributed by atoms with Gasteiger partial charge in [0.15, 0.2) is 9.84 Å². The van der Waals surface area contributed by atoms with Crippen LogP contribution in [0.5, 0.6) is 0 Å². The van der Waals surface area contributed by atoms with Gasteiger partial charge in [0.05, 0.1) is 11.5 Å². The number of likely N-dealkylation sites (tertiary alicyclic amines) is 1. The quantitative estimate of drug-likeness (QED) is 0.653. The molecule has 2 aliphatic rings. The van der Waals surface area contributed by atoms with Gasteiger partial charge in [0, 0.05) is 44.7 Å². The summed E-state index contributed by atoms with van der Waals surface area (Å²) in [5.74, 6) is 0.262. The lowest BCUT2D eigenvalue weighted by Crippen LogP contribution is -2.50. The average Bonchev–Trinajstić information content (AvgIpc) is 3.02. The molecule has 1 unspecified atom stereocenters. The maximum absolute atomic E-state index is 13.1. The van der Waals surface area contributed by atoms with E-state index < -0.39 is 9.84 Å². The van der Waals surface area contributed by atoms with Gasteiger partial charge in [0.1, 0.15) is 0 Å². The average molecular weight is 402 g/mol. The highest BCUT2D eigenvalue weighted by Gasteiger charge is 2.38. The van der Waals surface area contributed by atoms with E-state index in [1.165, 1.54) is 0 Å². The molecule has 0 radical (unpaired) electrons. The summed E-state index contributed by atoms with van der Waals surface area (Å²) in [5, 5.41) is 0. The van der Waals surface area contributed by atoms with Crippen LogP contribution in [0.1, 0.15) is 52.9 Å². The van der Waals surface area contributed by atoms with Crippen molar-refractivity contribution in [3.05, 3.63) is 0 Å². The number of hydrogen-bond acceptors (Lipinski definition) is 4. The number of unbranched alkanes of at least 4 members (excludes halogenated alkanes) is 1. The molecule has 0 saturated carbocycles. The van der Waals surface area contributed by atoms with Gasteiger partial charge in [-0.05, 0) is 39.5 Å². The predicted molar refractivity (Wildman–Crippen MR) is 106 cm³/mol. The first-order valence-electron chi connectivity index (χ1n) is 10.4. The van der Waals surface area contributed by atoms with Crippen molar-refractivity contribution in [1.82, 2.24) is 14.7 Å². The van der Waals surface area contributed by atoms with Crippen molar-refractivity contribution in [2.24, 2.45) is 5.92 Å².